The first-order valence-electron chi connectivity index (χ1n) is 15.6. The van der Waals surface area contributed by atoms with Gasteiger partial charge in [-0.05, 0) is 54.7 Å². The molecule has 1 fully saturated rings. The van der Waals surface area contributed by atoms with Crippen LogP contribution in [0.4, 0.5) is 5.69 Å². The van der Waals surface area contributed by atoms with Gasteiger partial charge in [-0.2, -0.15) is 0 Å². The maximum absolute atomic E-state index is 14.1. The van der Waals surface area contributed by atoms with Crippen LogP contribution in [0.2, 0.25) is 0 Å². The van der Waals surface area contributed by atoms with Gasteiger partial charge in [0.05, 0.1) is 26.2 Å². The Morgan fingerprint density at radius 2 is 1.51 bits per heavy atom. The number of nitrogens with zero attached hydrogens (tertiary/aromatic N) is 2. The molecule has 9 nitrogen and oxygen atoms in total. The normalized spacial score (nSPS) is 14.3. The van der Waals surface area contributed by atoms with Crippen LogP contribution in [-0.2, 0) is 32.6 Å². The third kappa shape index (κ3) is 9.97. The summed E-state index contributed by atoms with van der Waals surface area (Å²) >= 11 is 0. The van der Waals surface area contributed by atoms with E-state index in [9.17, 15) is 18.0 Å². The second-order valence-electron chi connectivity index (χ2n) is 11.6. The topological polar surface area (TPSA) is 105 Å². The van der Waals surface area contributed by atoms with Gasteiger partial charge in [0.2, 0.25) is 21.8 Å². The Bertz CT molecular complexity index is 1510. The average Bonchev–Trinajstić information content (AvgIpc) is 3.05. The van der Waals surface area contributed by atoms with Gasteiger partial charge in [-0.25, -0.2) is 8.42 Å². The number of nitrogens with one attached hydrogen (secondary N) is 1. The molecule has 3 aromatic carbocycles. The van der Waals surface area contributed by atoms with E-state index in [-0.39, 0.29) is 43.8 Å². The van der Waals surface area contributed by atoms with E-state index < -0.39 is 16.1 Å². The van der Waals surface area contributed by atoms with Gasteiger partial charge in [0.1, 0.15) is 17.5 Å². The van der Waals surface area contributed by atoms with E-state index in [2.05, 4.69) is 5.32 Å². The monoisotopic (exact) mass is 635 g/mol. The van der Waals surface area contributed by atoms with Gasteiger partial charge in [0.25, 0.3) is 0 Å². The molecule has 4 rings (SSSR count). The highest BCUT2D eigenvalue weighted by atomic mass is 32.2. The van der Waals surface area contributed by atoms with Gasteiger partial charge < -0.3 is 19.7 Å². The summed E-state index contributed by atoms with van der Waals surface area (Å²) in [6, 6.07) is 23.4. The van der Waals surface area contributed by atoms with Gasteiger partial charge >= 0.3 is 0 Å². The maximum Gasteiger partial charge on any atom is 0.243 e. The number of methoxy groups -OCH3 is 2. The minimum atomic E-state index is -3.63. The quantitative estimate of drug-likeness (QED) is 0.242. The van der Waals surface area contributed by atoms with Crippen LogP contribution in [0.15, 0.2) is 78.9 Å². The van der Waals surface area contributed by atoms with Crippen molar-refractivity contribution in [1.29, 1.82) is 0 Å². The Morgan fingerprint density at radius 3 is 2.18 bits per heavy atom. The van der Waals surface area contributed by atoms with E-state index >= 15 is 0 Å². The first-order chi connectivity index (χ1) is 21.7. The molecular weight excluding hydrogens is 590 g/mol. The van der Waals surface area contributed by atoms with Crippen molar-refractivity contribution in [2.75, 3.05) is 31.3 Å². The standard InChI is InChI=1S/C35H45N3O6S/c1-43-31-19-10-15-28(23-31)26-37(33(24-27-13-6-4-7-14-27)35(40)36-29-16-8-5-9-17-29)34(39)21-12-22-38(45(3,41)42)30-18-11-20-32(25-30)44-2/h4,6-7,10-11,13-15,18-20,23,25,29,33H,5,8-9,12,16-17,21-22,24,26H2,1-3H3,(H,36,40). The summed E-state index contributed by atoms with van der Waals surface area (Å²) in [5.74, 6) is 0.801. The van der Waals surface area contributed by atoms with Gasteiger partial charge in [0.15, 0.2) is 0 Å². The molecule has 1 unspecified atom stereocenters. The van der Waals surface area contributed by atoms with Crippen molar-refractivity contribution in [3.05, 3.63) is 90.0 Å². The molecule has 2 amide bonds. The van der Waals surface area contributed by atoms with E-state index in [1.807, 2.05) is 54.6 Å². The summed E-state index contributed by atoms with van der Waals surface area (Å²) in [7, 11) is -0.515. The summed E-state index contributed by atoms with van der Waals surface area (Å²) in [6.07, 6.45) is 7.00. The third-order valence-electron chi connectivity index (χ3n) is 8.20. The fraction of sp³-hybridized carbons (Fsp3) is 0.429. The Hall–Kier alpha value is -4.05. The molecule has 0 saturated heterocycles. The lowest BCUT2D eigenvalue weighted by atomic mass is 9.94. The summed E-state index contributed by atoms with van der Waals surface area (Å²) in [5, 5.41) is 3.25. The minimum absolute atomic E-state index is 0.0575. The van der Waals surface area contributed by atoms with Gasteiger partial charge in [0, 0.05) is 38.0 Å². The van der Waals surface area contributed by atoms with E-state index in [0.717, 1.165) is 43.1 Å². The molecule has 1 N–H and O–H groups in total. The molecular formula is C35H45N3O6S. The average molecular weight is 636 g/mol. The van der Waals surface area contributed by atoms with E-state index in [0.29, 0.717) is 23.6 Å². The molecule has 0 aromatic heterocycles. The lowest BCUT2D eigenvalue weighted by molar-refractivity contribution is -0.141. The molecule has 1 aliphatic rings. The molecule has 1 saturated carbocycles. The fourth-order valence-corrected chi connectivity index (χ4v) is 6.79. The molecule has 45 heavy (non-hydrogen) atoms. The molecule has 0 spiro atoms. The number of ether oxygens (including phenoxy) is 2. The van der Waals surface area contributed by atoms with Crippen molar-refractivity contribution in [2.45, 2.75) is 70.0 Å². The lowest BCUT2D eigenvalue weighted by Gasteiger charge is -2.34. The second kappa shape index (κ2) is 16.3. The number of anilines is 1. The molecule has 1 atom stereocenters. The summed E-state index contributed by atoms with van der Waals surface area (Å²) in [5.41, 5.74) is 2.25. The molecule has 242 valence electrons. The number of benzene rings is 3. The fourth-order valence-electron chi connectivity index (χ4n) is 5.84. The highest BCUT2D eigenvalue weighted by molar-refractivity contribution is 7.92. The lowest BCUT2D eigenvalue weighted by Crippen LogP contribution is -2.52. The molecule has 10 heteroatoms. The van der Waals surface area contributed by atoms with Crippen molar-refractivity contribution in [2.24, 2.45) is 0 Å². The van der Waals surface area contributed by atoms with Crippen molar-refractivity contribution in [3.8, 4) is 11.5 Å². The Kier molecular flexibility index (Phi) is 12.3. The van der Waals surface area contributed by atoms with E-state index in [4.69, 9.17) is 9.47 Å². The summed E-state index contributed by atoms with van der Waals surface area (Å²) < 4.78 is 37.5. The molecule has 3 aromatic rings. The Balaban J connectivity index is 1.60. The predicted octanol–water partition coefficient (Wildman–Crippen LogP) is 5.34. The van der Waals surface area contributed by atoms with E-state index in [1.54, 1.807) is 36.3 Å². The predicted molar refractivity (Wildman–Crippen MR) is 177 cm³/mol. The van der Waals surface area contributed by atoms with Crippen LogP contribution in [0.25, 0.3) is 0 Å². The Morgan fingerprint density at radius 1 is 0.867 bits per heavy atom. The minimum Gasteiger partial charge on any atom is -0.497 e. The number of rotatable bonds is 15. The third-order valence-corrected chi connectivity index (χ3v) is 9.40. The molecule has 0 bridgehead atoms. The second-order valence-corrected chi connectivity index (χ2v) is 13.5. The largest absolute Gasteiger partial charge is 0.497 e. The zero-order valence-electron chi connectivity index (χ0n) is 26.5. The number of sulfonamides is 1. The highest BCUT2D eigenvalue weighted by Gasteiger charge is 2.32. The smallest absolute Gasteiger partial charge is 0.243 e. The van der Waals surface area contributed by atoms with Crippen LogP contribution in [0, 0.1) is 0 Å². The van der Waals surface area contributed by atoms with Crippen LogP contribution in [0.5, 0.6) is 11.5 Å². The van der Waals surface area contributed by atoms with Gasteiger partial charge in [-0.15, -0.1) is 0 Å². The zero-order valence-corrected chi connectivity index (χ0v) is 27.3. The number of amides is 2. The van der Waals surface area contributed by atoms with Crippen LogP contribution >= 0.6 is 0 Å². The van der Waals surface area contributed by atoms with Crippen molar-refractivity contribution in [1.82, 2.24) is 10.2 Å². The van der Waals surface area contributed by atoms with Crippen molar-refractivity contribution < 1.29 is 27.5 Å². The summed E-state index contributed by atoms with van der Waals surface area (Å²) in [6.45, 7) is 0.305. The summed E-state index contributed by atoms with van der Waals surface area (Å²) in [4.78, 5) is 29.8. The number of hydrogen-bond acceptors (Lipinski definition) is 6. The maximum atomic E-state index is 14.1. The number of carbonyl (C=O) groups excluding carboxylic acids is 2. The molecule has 0 heterocycles. The molecule has 1 aliphatic carbocycles. The zero-order chi connectivity index (χ0) is 32.2. The van der Waals surface area contributed by atoms with Gasteiger partial charge in [-0.3, -0.25) is 13.9 Å². The first kappa shape index (κ1) is 33.8. The van der Waals surface area contributed by atoms with Crippen LogP contribution in [0.1, 0.15) is 56.1 Å². The van der Waals surface area contributed by atoms with E-state index in [1.165, 1.54) is 17.8 Å². The highest BCUT2D eigenvalue weighted by Crippen LogP contribution is 2.25. The van der Waals surface area contributed by atoms with Crippen LogP contribution < -0.4 is 19.1 Å². The number of carbonyl (C=O) groups is 2. The van der Waals surface area contributed by atoms with Crippen molar-refractivity contribution >= 4 is 27.5 Å². The first-order valence-corrected chi connectivity index (χ1v) is 17.4. The van der Waals surface area contributed by atoms with Crippen molar-refractivity contribution in [3.63, 3.8) is 0 Å². The SMILES string of the molecule is COc1cccc(CN(C(=O)CCCN(c2cccc(OC)c2)S(C)(=O)=O)C(Cc2ccccc2)C(=O)NC2CCCCC2)c1. The van der Waals surface area contributed by atoms with Crippen LogP contribution in [-0.4, -0.2) is 64.2 Å². The molecule has 0 aliphatic heterocycles. The number of hydrogen-bond donors (Lipinski definition) is 1. The van der Waals surface area contributed by atoms with Gasteiger partial charge in [-0.1, -0.05) is 67.8 Å². The van der Waals surface area contributed by atoms with Crippen LogP contribution in [0.3, 0.4) is 0 Å². The molecule has 0 radical (unpaired) electrons. The Labute approximate surface area is 267 Å².